The number of hydrogen-bond acceptors (Lipinski definition) is 7. The molecule has 0 spiro atoms. The highest BCUT2D eigenvalue weighted by Gasteiger charge is 2.28. The van der Waals surface area contributed by atoms with Crippen LogP contribution >= 0.6 is 11.3 Å². The number of morpholine rings is 1. The number of nitrogens with one attached hydrogen (secondary N) is 1. The lowest BCUT2D eigenvalue weighted by Crippen LogP contribution is -2.37. The van der Waals surface area contributed by atoms with E-state index in [2.05, 4.69) is 22.0 Å². The molecule has 5 rings (SSSR count). The van der Waals surface area contributed by atoms with Gasteiger partial charge in [0.05, 0.1) is 25.1 Å². The molecular formula is C21H29N5O2S. The van der Waals surface area contributed by atoms with Crippen LogP contribution in [-0.2, 0) is 28.9 Å². The number of anilines is 1. The van der Waals surface area contributed by atoms with Gasteiger partial charge in [-0.1, -0.05) is 0 Å². The minimum Gasteiger partial charge on any atom is -0.379 e. The number of rotatable bonds is 3. The van der Waals surface area contributed by atoms with Gasteiger partial charge in [-0.2, -0.15) is 0 Å². The Morgan fingerprint density at radius 1 is 1.17 bits per heavy atom. The van der Waals surface area contributed by atoms with E-state index in [1.807, 2.05) is 11.3 Å². The van der Waals surface area contributed by atoms with E-state index in [4.69, 9.17) is 14.7 Å². The van der Waals surface area contributed by atoms with E-state index < -0.39 is 0 Å². The first kappa shape index (κ1) is 19.2. The molecule has 2 fully saturated rings. The molecule has 2 aromatic rings. The first-order valence-corrected chi connectivity index (χ1v) is 11.7. The minimum atomic E-state index is 0.131. The van der Waals surface area contributed by atoms with Crippen molar-refractivity contribution in [1.82, 2.24) is 20.2 Å². The average molecular weight is 416 g/mol. The molecule has 29 heavy (non-hydrogen) atoms. The fraction of sp³-hybridized carbons (Fsp3) is 0.667. The lowest BCUT2D eigenvalue weighted by Gasteiger charge is -2.30. The van der Waals surface area contributed by atoms with Gasteiger partial charge < -0.3 is 15.0 Å². The summed E-state index contributed by atoms with van der Waals surface area (Å²) in [6.45, 7) is 7.76. The van der Waals surface area contributed by atoms with E-state index in [1.165, 1.54) is 28.7 Å². The van der Waals surface area contributed by atoms with Crippen LogP contribution in [0.5, 0.6) is 0 Å². The number of amides is 1. The smallest absolute Gasteiger partial charge is 0.222 e. The van der Waals surface area contributed by atoms with Gasteiger partial charge in [-0.15, -0.1) is 11.3 Å². The second-order valence-electron chi connectivity index (χ2n) is 8.34. The van der Waals surface area contributed by atoms with Crippen molar-refractivity contribution >= 4 is 33.3 Å². The molecular weight excluding hydrogens is 386 g/mol. The maximum atomic E-state index is 12.1. The highest BCUT2D eigenvalue weighted by molar-refractivity contribution is 7.19. The zero-order valence-electron chi connectivity index (χ0n) is 17.1. The second kappa shape index (κ2) is 8.16. The summed E-state index contributed by atoms with van der Waals surface area (Å²) in [4.78, 5) is 29.5. The SMILES string of the molecule is C[C@H]1CC(=O)NCCN1c1nc(CN2CCOCC2)nc2sc3c(c12)CCCC3. The van der Waals surface area contributed by atoms with Gasteiger partial charge in [0.1, 0.15) is 16.5 Å². The molecule has 4 heterocycles. The highest BCUT2D eigenvalue weighted by atomic mass is 32.1. The van der Waals surface area contributed by atoms with Gasteiger partial charge in [0.25, 0.3) is 0 Å². The maximum Gasteiger partial charge on any atom is 0.222 e. The number of thiophene rings is 1. The van der Waals surface area contributed by atoms with Crippen LogP contribution in [0, 0.1) is 0 Å². The number of carbonyl (C=O) groups is 1. The third-order valence-electron chi connectivity index (χ3n) is 6.27. The molecule has 1 amide bonds. The Bertz CT molecular complexity index is 908. The zero-order valence-corrected chi connectivity index (χ0v) is 17.9. The fourth-order valence-electron chi connectivity index (χ4n) is 4.72. The van der Waals surface area contributed by atoms with Gasteiger partial charge >= 0.3 is 0 Å². The second-order valence-corrected chi connectivity index (χ2v) is 9.42. The molecule has 1 aliphatic carbocycles. The van der Waals surface area contributed by atoms with Crippen LogP contribution in [0.4, 0.5) is 5.82 Å². The van der Waals surface area contributed by atoms with Crippen molar-refractivity contribution in [2.24, 2.45) is 0 Å². The molecule has 1 N–H and O–H groups in total. The topological polar surface area (TPSA) is 70.6 Å². The quantitative estimate of drug-likeness (QED) is 0.828. The molecule has 8 heteroatoms. The van der Waals surface area contributed by atoms with Crippen molar-refractivity contribution < 1.29 is 9.53 Å². The average Bonchev–Trinajstić information content (AvgIpc) is 3.00. The van der Waals surface area contributed by atoms with E-state index in [9.17, 15) is 4.79 Å². The summed E-state index contributed by atoms with van der Waals surface area (Å²) in [5.74, 6) is 2.07. The predicted molar refractivity (Wildman–Crippen MR) is 115 cm³/mol. The van der Waals surface area contributed by atoms with Crippen LogP contribution in [-0.4, -0.2) is 66.2 Å². The third kappa shape index (κ3) is 3.85. The van der Waals surface area contributed by atoms with Crippen molar-refractivity contribution in [2.75, 3.05) is 44.3 Å². The molecule has 156 valence electrons. The van der Waals surface area contributed by atoms with Crippen molar-refractivity contribution in [3.8, 4) is 0 Å². The molecule has 2 saturated heterocycles. The summed E-state index contributed by atoms with van der Waals surface area (Å²) in [7, 11) is 0. The van der Waals surface area contributed by atoms with E-state index >= 15 is 0 Å². The van der Waals surface area contributed by atoms with Crippen LogP contribution in [0.3, 0.4) is 0 Å². The van der Waals surface area contributed by atoms with E-state index in [0.29, 0.717) is 13.0 Å². The molecule has 0 unspecified atom stereocenters. The number of hydrogen-bond donors (Lipinski definition) is 1. The van der Waals surface area contributed by atoms with Crippen LogP contribution in [0.25, 0.3) is 10.2 Å². The summed E-state index contributed by atoms with van der Waals surface area (Å²) in [6.07, 6.45) is 5.29. The number of fused-ring (bicyclic) bond motifs is 3. The predicted octanol–water partition coefficient (Wildman–Crippen LogP) is 2.12. The Kier molecular flexibility index (Phi) is 5.41. The van der Waals surface area contributed by atoms with Gasteiger partial charge in [0.15, 0.2) is 0 Å². The Hall–Kier alpha value is -1.77. The Morgan fingerprint density at radius 2 is 2.00 bits per heavy atom. The first-order valence-electron chi connectivity index (χ1n) is 10.8. The van der Waals surface area contributed by atoms with Crippen LogP contribution in [0.1, 0.15) is 42.5 Å². The number of nitrogens with zero attached hydrogens (tertiary/aromatic N) is 4. The lowest BCUT2D eigenvalue weighted by atomic mass is 9.96. The molecule has 0 radical (unpaired) electrons. The van der Waals surface area contributed by atoms with Crippen LogP contribution in [0.15, 0.2) is 0 Å². The summed E-state index contributed by atoms with van der Waals surface area (Å²) < 4.78 is 5.49. The monoisotopic (exact) mass is 415 g/mol. The normalized spacial score (nSPS) is 23.7. The molecule has 0 saturated carbocycles. The molecule has 0 bridgehead atoms. The van der Waals surface area contributed by atoms with E-state index in [-0.39, 0.29) is 11.9 Å². The number of carbonyl (C=O) groups excluding carboxylic acids is 1. The molecule has 0 aromatic carbocycles. The Balaban J connectivity index is 1.58. The van der Waals surface area contributed by atoms with Crippen LogP contribution < -0.4 is 10.2 Å². The number of aryl methyl sites for hydroxylation is 2. The summed E-state index contributed by atoms with van der Waals surface area (Å²) in [6, 6.07) is 0.131. The van der Waals surface area contributed by atoms with E-state index in [1.54, 1.807) is 0 Å². The molecule has 3 aliphatic rings. The largest absolute Gasteiger partial charge is 0.379 e. The third-order valence-corrected chi connectivity index (χ3v) is 7.46. The summed E-state index contributed by atoms with van der Waals surface area (Å²) in [5.41, 5.74) is 1.46. The van der Waals surface area contributed by atoms with E-state index in [0.717, 1.165) is 68.7 Å². The Morgan fingerprint density at radius 3 is 2.86 bits per heavy atom. The van der Waals surface area contributed by atoms with Crippen LogP contribution in [0.2, 0.25) is 0 Å². The van der Waals surface area contributed by atoms with Gasteiger partial charge in [-0.05, 0) is 38.2 Å². The fourth-order valence-corrected chi connectivity index (χ4v) is 6.00. The summed E-state index contributed by atoms with van der Waals surface area (Å²) in [5, 5.41) is 4.26. The van der Waals surface area contributed by atoms with Gasteiger partial charge in [-0.25, -0.2) is 9.97 Å². The zero-order chi connectivity index (χ0) is 19.8. The molecule has 2 aromatic heterocycles. The Labute approximate surface area is 175 Å². The minimum absolute atomic E-state index is 0.131. The van der Waals surface area contributed by atoms with Crippen molar-refractivity contribution in [3.05, 3.63) is 16.3 Å². The van der Waals surface area contributed by atoms with Gasteiger partial charge in [0.2, 0.25) is 5.91 Å². The molecule has 1 atom stereocenters. The lowest BCUT2D eigenvalue weighted by molar-refractivity contribution is -0.120. The molecule has 2 aliphatic heterocycles. The van der Waals surface area contributed by atoms with Crippen molar-refractivity contribution in [1.29, 1.82) is 0 Å². The van der Waals surface area contributed by atoms with Gasteiger partial charge in [-0.3, -0.25) is 9.69 Å². The first-order chi connectivity index (χ1) is 14.2. The van der Waals surface area contributed by atoms with Gasteiger partial charge in [0, 0.05) is 43.5 Å². The van der Waals surface area contributed by atoms with Crippen molar-refractivity contribution in [2.45, 2.75) is 51.6 Å². The maximum absolute atomic E-state index is 12.1. The number of aromatic nitrogens is 2. The highest BCUT2D eigenvalue weighted by Crippen LogP contribution is 2.40. The number of ether oxygens (including phenoxy) is 1. The molecule has 7 nitrogen and oxygen atoms in total. The summed E-state index contributed by atoms with van der Waals surface area (Å²) >= 11 is 1.86. The van der Waals surface area contributed by atoms with Crippen molar-refractivity contribution in [3.63, 3.8) is 0 Å². The standard InChI is InChI=1S/C21H29N5O2S/c1-14-12-18(27)22-6-7-26(14)20-19-15-4-2-3-5-16(15)29-21(19)24-17(23-20)13-25-8-10-28-11-9-25/h14H,2-13H2,1H3,(H,22,27)/t14-/m0/s1.